The van der Waals surface area contributed by atoms with Gasteiger partial charge in [-0.25, -0.2) is 0 Å². The first kappa shape index (κ1) is 20.9. The molecule has 146 valence electrons. The van der Waals surface area contributed by atoms with Crippen LogP contribution in [0.25, 0.3) is 0 Å². The molecule has 2 aromatic rings. The summed E-state index contributed by atoms with van der Waals surface area (Å²) in [6.07, 6.45) is 1.85. The van der Waals surface area contributed by atoms with Crippen LogP contribution in [0.15, 0.2) is 54.6 Å². The van der Waals surface area contributed by atoms with E-state index in [4.69, 9.17) is 9.47 Å². The molecule has 0 radical (unpaired) electrons. The van der Waals surface area contributed by atoms with Gasteiger partial charge >= 0.3 is 0 Å². The Kier molecular flexibility index (Phi) is 9.38. The summed E-state index contributed by atoms with van der Waals surface area (Å²) in [5.41, 5.74) is 1.21. The van der Waals surface area contributed by atoms with Gasteiger partial charge in [-0.3, -0.25) is 0 Å². The smallest absolute Gasteiger partial charge is 0.129 e. The van der Waals surface area contributed by atoms with E-state index in [-0.39, 0.29) is 12.4 Å². The third-order valence-electron chi connectivity index (χ3n) is 4.03. The summed E-state index contributed by atoms with van der Waals surface area (Å²) in [4.78, 5) is 11.0. The topological polar surface area (TPSA) is 67.8 Å². The summed E-state index contributed by atoms with van der Waals surface area (Å²) in [6, 6.07) is 17.4. The highest BCUT2D eigenvalue weighted by Crippen LogP contribution is 2.14. The summed E-state index contributed by atoms with van der Waals surface area (Å²) in [5.74, 6) is 1.81. The van der Waals surface area contributed by atoms with Crippen molar-refractivity contribution in [2.75, 3.05) is 26.3 Å². The van der Waals surface area contributed by atoms with Gasteiger partial charge in [-0.15, -0.1) is 0 Å². The maximum absolute atomic E-state index is 11.0. The Morgan fingerprint density at radius 3 is 2.44 bits per heavy atom. The van der Waals surface area contributed by atoms with Crippen LogP contribution < -0.4 is 14.8 Å². The van der Waals surface area contributed by atoms with E-state index in [2.05, 4.69) is 5.32 Å². The third-order valence-corrected chi connectivity index (χ3v) is 4.03. The largest absolute Gasteiger partial charge is 0.492 e. The van der Waals surface area contributed by atoms with Crippen LogP contribution in [0, 0.1) is 0 Å². The molecule has 1 atom stereocenters. The number of Topliss-reactive ketones (excluding diaryl/α,β-unsaturated/α-hetero) is 1. The molecule has 0 aromatic heterocycles. The van der Waals surface area contributed by atoms with Crippen molar-refractivity contribution in [2.45, 2.75) is 32.3 Å². The zero-order valence-corrected chi connectivity index (χ0v) is 15.9. The van der Waals surface area contributed by atoms with Crippen molar-refractivity contribution >= 4 is 5.78 Å². The molecule has 2 rings (SSSR count). The lowest BCUT2D eigenvalue weighted by molar-refractivity contribution is -0.117. The number of aliphatic hydroxyl groups is 1. The van der Waals surface area contributed by atoms with Gasteiger partial charge in [0.1, 0.15) is 36.6 Å². The number of nitrogens with one attached hydrogen (secondary N) is 1. The van der Waals surface area contributed by atoms with E-state index in [0.717, 1.165) is 24.3 Å². The lowest BCUT2D eigenvalue weighted by Gasteiger charge is -2.13. The van der Waals surface area contributed by atoms with Gasteiger partial charge < -0.3 is 24.7 Å². The van der Waals surface area contributed by atoms with Crippen LogP contribution in [0.2, 0.25) is 0 Å². The minimum Gasteiger partial charge on any atom is -0.492 e. The van der Waals surface area contributed by atoms with Crippen molar-refractivity contribution < 1.29 is 19.4 Å². The molecule has 5 nitrogen and oxygen atoms in total. The average Bonchev–Trinajstić information content (AvgIpc) is 2.68. The van der Waals surface area contributed by atoms with E-state index >= 15 is 0 Å². The van der Waals surface area contributed by atoms with Gasteiger partial charge in [-0.1, -0.05) is 30.3 Å². The van der Waals surface area contributed by atoms with E-state index in [1.807, 2.05) is 54.6 Å². The molecule has 0 saturated carbocycles. The lowest BCUT2D eigenvalue weighted by Crippen LogP contribution is -2.33. The Morgan fingerprint density at radius 1 is 1.04 bits per heavy atom. The predicted octanol–water partition coefficient (Wildman–Crippen LogP) is 3.01. The molecule has 2 N–H and O–H groups in total. The van der Waals surface area contributed by atoms with Crippen molar-refractivity contribution in [3.05, 3.63) is 60.2 Å². The normalized spacial score (nSPS) is 11.8. The van der Waals surface area contributed by atoms with E-state index in [9.17, 15) is 9.90 Å². The van der Waals surface area contributed by atoms with Crippen LogP contribution in [-0.4, -0.2) is 43.3 Å². The van der Waals surface area contributed by atoms with Gasteiger partial charge in [0.2, 0.25) is 0 Å². The minimum absolute atomic E-state index is 0.235. The van der Waals surface area contributed by atoms with E-state index in [0.29, 0.717) is 26.1 Å². The first-order valence-corrected chi connectivity index (χ1v) is 9.41. The molecule has 0 amide bonds. The van der Waals surface area contributed by atoms with E-state index in [1.165, 1.54) is 5.56 Å². The molecular formula is C22H29NO4. The van der Waals surface area contributed by atoms with Gasteiger partial charge in [-0.2, -0.15) is 0 Å². The molecule has 2 aromatic carbocycles. The van der Waals surface area contributed by atoms with Gasteiger partial charge in [0.05, 0.1) is 0 Å². The molecule has 0 unspecified atom stereocenters. The standard InChI is InChI=1S/C22H29NO4/c1-18(24)6-5-7-19-10-12-22(13-11-19)26-15-14-23-16-20(25)17-27-21-8-3-2-4-9-21/h2-4,8-13,20,23,25H,5-7,14-17H2,1H3/t20-/m0/s1. The molecule has 0 bridgehead atoms. The number of hydrogen-bond acceptors (Lipinski definition) is 5. The molecule has 0 aliphatic heterocycles. The fourth-order valence-electron chi connectivity index (χ4n) is 2.57. The molecule has 5 heteroatoms. The molecule has 27 heavy (non-hydrogen) atoms. The minimum atomic E-state index is -0.570. The number of para-hydroxylation sites is 1. The monoisotopic (exact) mass is 371 g/mol. The SMILES string of the molecule is CC(=O)CCCc1ccc(OCCNC[C@H](O)COc2ccccc2)cc1. The fourth-order valence-corrected chi connectivity index (χ4v) is 2.57. The van der Waals surface area contributed by atoms with Crippen molar-refractivity contribution in [2.24, 2.45) is 0 Å². The summed E-state index contributed by atoms with van der Waals surface area (Å²) in [6.45, 7) is 3.49. The number of ether oxygens (including phenoxy) is 2. The highest BCUT2D eigenvalue weighted by atomic mass is 16.5. The number of carbonyl (C=O) groups is 1. The zero-order valence-electron chi connectivity index (χ0n) is 15.9. The Balaban J connectivity index is 1.53. The second-order valence-corrected chi connectivity index (χ2v) is 6.53. The van der Waals surface area contributed by atoms with Crippen LogP contribution in [0.1, 0.15) is 25.3 Å². The molecule has 0 aliphatic carbocycles. The first-order chi connectivity index (χ1) is 13.1. The highest BCUT2D eigenvalue weighted by Gasteiger charge is 2.04. The fraction of sp³-hybridized carbons (Fsp3) is 0.409. The Hall–Kier alpha value is -2.37. The van der Waals surface area contributed by atoms with Gasteiger partial charge in [0, 0.05) is 19.5 Å². The first-order valence-electron chi connectivity index (χ1n) is 9.41. The van der Waals surface area contributed by atoms with Crippen LogP contribution in [0.5, 0.6) is 11.5 Å². The maximum Gasteiger partial charge on any atom is 0.129 e. The van der Waals surface area contributed by atoms with E-state index in [1.54, 1.807) is 6.92 Å². The summed E-state index contributed by atoms with van der Waals surface area (Å²) in [7, 11) is 0. The quantitative estimate of drug-likeness (QED) is 0.530. The summed E-state index contributed by atoms with van der Waals surface area (Å²) in [5, 5.41) is 13.1. The van der Waals surface area contributed by atoms with Crippen LogP contribution in [-0.2, 0) is 11.2 Å². The third kappa shape index (κ3) is 9.22. The number of rotatable bonds is 13. The molecular weight excluding hydrogens is 342 g/mol. The highest BCUT2D eigenvalue weighted by molar-refractivity contribution is 5.75. The number of aryl methyl sites for hydroxylation is 1. The number of hydrogen-bond donors (Lipinski definition) is 2. The van der Waals surface area contributed by atoms with Crippen LogP contribution in [0.4, 0.5) is 0 Å². The number of ketones is 1. The molecule has 0 saturated heterocycles. The molecule has 0 fully saturated rings. The second-order valence-electron chi connectivity index (χ2n) is 6.53. The van der Waals surface area contributed by atoms with Gasteiger partial charge in [-0.05, 0) is 49.6 Å². The maximum atomic E-state index is 11.0. The van der Waals surface area contributed by atoms with E-state index < -0.39 is 6.10 Å². The van der Waals surface area contributed by atoms with Crippen LogP contribution in [0.3, 0.4) is 0 Å². The molecule has 0 spiro atoms. The summed E-state index contributed by atoms with van der Waals surface area (Å²) < 4.78 is 11.2. The Labute approximate surface area is 161 Å². The molecule has 0 aliphatic rings. The van der Waals surface area contributed by atoms with Gasteiger partial charge in [0.15, 0.2) is 0 Å². The second kappa shape index (κ2) is 12.1. The molecule has 0 heterocycles. The lowest BCUT2D eigenvalue weighted by atomic mass is 10.1. The van der Waals surface area contributed by atoms with Crippen molar-refractivity contribution in [3.63, 3.8) is 0 Å². The number of benzene rings is 2. The van der Waals surface area contributed by atoms with Crippen molar-refractivity contribution in [1.29, 1.82) is 0 Å². The zero-order chi connectivity index (χ0) is 19.3. The number of carbonyl (C=O) groups excluding carboxylic acids is 1. The Morgan fingerprint density at radius 2 is 1.74 bits per heavy atom. The van der Waals surface area contributed by atoms with Crippen LogP contribution >= 0.6 is 0 Å². The summed E-state index contributed by atoms with van der Waals surface area (Å²) >= 11 is 0. The van der Waals surface area contributed by atoms with Crippen molar-refractivity contribution in [3.8, 4) is 11.5 Å². The Bertz CT molecular complexity index is 658. The average molecular weight is 371 g/mol. The van der Waals surface area contributed by atoms with Crippen molar-refractivity contribution in [1.82, 2.24) is 5.32 Å². The predicted molar refractivity (Wildman–Crippen MR) is 106 cm³/mol. The van der Waals surface area contributed by atoms with Gasteiger partial charge in [0.25, 0.3) is 0 Å². The number of aliphatic hydroxyl groups excluding tert-OH is 1.